The predicted octanol–water partition coefficient (Wildman–Crippen LogP) is 6.48. The molecule has 3 aromatic rings. The number of rotatable bonds is 5. The second kappa shape index (κ2) is 8.60. The van der Waals surface area contributed by atoms with Crippen molar-refractivity contribution in [3.63, 3.8) is 0 Å². The minimum atomic E-state index is -0.647. The van der Waals surface area contributed by atoms with E-state index < -0.39 is 11.0 Å². The Labute approximate surface area is 198 Å². The molecule has 34 heavy (non-hydrogen) atoms. The number of aromatic hydroxyl groups is 3. The van der Waals surface area contributed by atoms with E-state index >= 15 is 0 Å². The largest absolute Gasteiger partial charge is 0.507 e. The summed E-state index contributed by atoms with van der Waals surface area (Å²) < 4.78 is 11.9. The van der Waals surface area contributed by atoms with Crippen molar-refractivity contribution in [2.24, 2.45) is 0 Å². The zero-order chi connectivity index (χ0) is 24.8. The van der Waals surface area contributed by atoms with Crippen LogP contribution in [0.3, 0.4) is 0 Å². The Morgan fingerprint density at radius 3 is 2.44 bits per heavy atom. The van der Waals surface area contributed by atoms with Crippen molar-refractivity contribution in [3.8, 4) is 23.0 Å². The topological polar surface area (TPSA) is 100 Å². The zero-order valence-electron chi connectivity index (χ0n) is 20.2. The van der Waals surface area contributed by atoms with Crippen LogP contribution in [0.15, 0.2) is 50.7 Å². The lowest BCUT2D eigenvalue weighted by molar-refractivity contribution is 0.153. The van der Waals surface area contributed by atoms with Crippen molar-refractivity contribution in [3.05, 3.63) is 62.9 Å². The average molecular weight is 463 g/mol. The van der Waals surface area contributed by atoms with Crippen LogP contribution in [-0.4, -0.2) is 20.9 Å². The molecule has 1 aliphatic heterocycles. The number of ether oxygens (including phenoxy) is 1. The fourth-order valence-electron chi connectivity index (χ4n) is 4.21. The minimum absolute atomic E-state index is 0.0120. The fourth-order valence-corrected chi connectivity index (χ4v) is 4.21. The third-order valence-electron chi connectivity index (χ3n) is 6.03. The summed E-state index contributed by atoms with van der Waals surface area (Å²) in [4.78, 5) is 13.6. The number of hydrogen-bond donors (Lipinski definition) is 3. The molecular weight excluding hydrogens is 432 g/mol. The third-order valence-corrected chi connectivity index (χ3v) is 6.03. The molecule has 3 N–H and O–H groups in total. The number of fused-ring (bicyclic) bond motifs is 4. The number of phenols is 3. The Hall–Kier alpha value is -3.67. The fraction of sp³-hybridized carbons (Fsp3) is 0.321. The first kappa shape index (κ1) is 23.5. The van der Waals surface area contributed by atoms with Gasteiger partial charge in [0.05, 0.1) is 5.39 Å². The van der Waals surface area contributed by atoms with Crippen LogP contribution in [-0.2, 0) is 6.42 Å². The number of hydrogen-bond acceptors (Lipinski definition) is 6. The van der Waals surface area contributed by atoms with Crippen LogP contribution in [0, 0.1) is 0 Å². The summed E-state index contributed by atoms with van der Waals surface area (Å²) in [5.74, 6) is -0.476. The van der Waals surface area contributed by atoms with Crippen molar-refractivity contribution in [2.75, 3.05) is 0 Å². The van der Waals surface area contributed by atoms with Gasteiger partial charge in [0.25, 0.3) is 0 Å². The molecule has 1 aromatic heterocycles. The lowest BCUT2D eigenvalue weighted by Crippen LogP contribution is -2.28. The van der Waals surface area contributed by atoms with E-state index in [1.54, 1.807) is 12.2 Å². The van der Waals surface area contributed by atoms with E-state index in [0.717, 1.165) is 18.4 Å². The summed E-state index contributed by atoms with van der Waals surface area (Å²) in [6.07, 6.45) is 9.79. The molecule has 2 heterocycles. The molecule has 1 aliphatic rings. The molecule has 0 bridgehead atoms. The van der Waals surface area contributed by atoms with E-state index in [1.807, 2.05) is 26.8 Å². The molecule has 0 fully saturated rings. The Balaban J connectivity index is 1.89. The van der Waals surface area contributed by atoms with E-state index in [9.17, 15) is 20.1 Å². The Morgan fingerprint density at radius 2 is 1.74 bits per heavy atom. The number of phenolic OH excluding ortho intramolecular Hbond substituents is 3. The molecule has 0 radical (unpaired) electrons. The maximum Gasteiger partial charge on any atom is 0.205 e. The summed E-state index contributed by atoms with van der Waals surface area (Å²) in [7, 11) is 0. The van der Waals surface area contributed by atoms with Crippen molar-refractivity contribution in [1.29, 1.82) is 0 Å². The maximum absolute atomic E-state index is 13.6. The van der Waals surface area contributed by atoms with Gasteiger partial charge in [-0.3, -0.25) is 4.79 Å². The van der Waals surface area contributed by atoms with E-state index in [0.29, 0.717) is 17.5 Å². The average Bonchev–Trinajstić information content (AvgIpc) is 2.72. The van der Waals surface area contributed by atoms with Crippen LogP contribution in [0.4, 0.5) is 0 Å². The van der Waals surface area contributed by atoms with Gasteiger partial charge in [0.2, 0.25) is 5.43 Å². The van der Waals surface area contributed by atoms with Crippen LogP contribution in [0.2, 0.25) is 0 Å². The molecule has 0 spiro atoms. The summed E-state index contributed by atoms with van der Waals surface area (Å²) in [6.45, 7) is 9.82. The van der Waals surface area contributed by atoms with E-state index in [-0.39, 0.29) is 44.9 Å². The summed E-state index contributed by atoms with van der Waals surface area (Å²) in [6, 6.07) is 2.52. The van der Waals surface area contributed by atoms with Gasteiger partial charge >= 0.3 is 0 Å². The smallest absolute Gasteiger partial charge is 0.205 e. The lowest BCUT2D eigenvalue weighted by atomic mass is 9.96. The van der Waals surface area contributed by atoms with Gasteiger partial charge in [-0.25, -0.2) is 0 Å². The monoisotopic (exact) mass is 462 g/mol. The summed E-state index contributed by atoms with van der Waals surface area (Å²) in [5.41, 5.74) is 2.35. The molecule has 6 nitrogen and oxygen atoms in total. The zero-order valence-corrected chi connectivity index (χ0v) is 20.2. The first-order valence-electron chi connectivity index (χ1n) is 11.4. The molecule has 0 atom stereocenters. The molecule has 0 saturated carbocycles. The van der Waals surface area contributed by atoms with Crippen LogP contribution in [0.5, 0.6) is 23.0 Å². The van der Waals surface area contributed by atoms with Crippen molar-refractivity contribution in [1.82, 2.24) is 0 Å². The molecule has 0 saturated heterocycles. The maximum atomic E-state index is 13.6. The van der Waals surface area contributed by atoms with Crippen molar-refractivity contribution >= 4 is 28.0 Å². The Kier molecular flexibility index (Phi) is 5.94. The van der Waals surface area contributed by atoms with Gasteiger partial charge in [-0.2, -0.15) is 0 Å². The minimum Gasteiger partial charge on any atom is -0.507 e. The lowest BCUT2D eigenvalue weighted by Gasteiger charge is -2.28. The number of benzene rings is 2. The quantitative estimate of drug-likeness (QED) is 0.296. The molecule has 6 heteroatoms. The second-order valence-corrected chi connectivity index (χ2v) is 9.65. The van der Waals surface area contributed by atoms with Gasteiger partial charge in [-0.1, -0.05) is 29.4 Å². The second-order valence-electron chi connectivity index (χ2n) is 9.65. The highest BCUT2D eigenvalue weighted by Gasteiger charge is 2.29. The third kappa shape index (κ3) is 4.28. The molecule has 4 rings (SSSR count). The van der Waals surface area contributed by atoms with Gasteiger partial charge in [0, 0.05) is 23.3 Å². The van der Waals surface area contributed by atoms with E-state index in [4.69, 9.17) is 9.15 Å². The SMILES string of the molecule is CC(C)=CCC/C(C)=C\Cc1c(O)cc(O)c2c(=O)c3c4c(c(O)cc3oc12)OC(C)(C)C=C4. The Bertz CT molecular complexity index is 1450. The summed E-state index contributed by atoms with van der Waals surface area (Å²) >= 11 is 0. The van der Waals surface area contributed by atoms with E-state index in [1.165, 1.54) is 17.7 Å². The van der Waals surface area contributed by atoms with Crippen molar-refractivity contribution in [2.45, 2.75) is 59.5 Å². The molecule has 178 valence electrons. The van der Waals surface area contributed by atoms with Crippen LogP contribution >= 0.6 is 0 Å². The van der Waals surface area contributed by atoms with Gasteiger partial charge in [0.15, 0.2) is 11.5 Å². The highest BCUT2D eigenvalue weighted by Crippen LogP contribution is 2.44. The molecule has 0 unspecified atom stereocenters. The molecule has 0 aliphatic carbocycles. The van der Waals surface area contributed by atoms with Gasteiger partial charge in [-0.05, 0) is 60.0 Å². The molecule has 0 amide bonds. The van der Waals surface area contributed by atoms with Gasteiger partial charge < -0.3 is 24.5 Å². The first-order chi connectivity index (χ1) is 16.0. The van der Waals surface area contributed by atoms with Crippen molar-refractivity contribution < 1.29 is 24.5 Å². The number of allylic oxidation sites excluding steroid dienone is 4. The Morgan fingerprint density at radius 1 is 1.00 bits per heavy atom. The first-order valence-corrected chi connectivity index (χ1v) is 11.4. The normalized spacial score (nSPS) is 14.8. The van der Waals surface area contributed by atoms with Gasteiger partial charge in [-0.15, -0.1) is 0 Å². The summed E-state index contributed by atoms with van der Waals surface area (Å²) in [5, 5.41) is 31.9. The molecule has 2 aromatic carbocycles. The standard InChI is InChI=1S/C28H30O6/c1-15(2)7-6-8-16(3)9-10-17-19(29)13-20(30)24-25(32)23-18-11-12-28(4,5)34-26(18)21(31)14-22(23)33-27(17)24/h7,9,11-14,29-31H,6,8,10H2,1-5H3/b16-9-. The predicted molar refractivity (Wildman–Crippen MR) is 135 cm³/mol. The molecular formula is C28H30O6. The van der Waals surface area contributed by atoms with Crippen LogP contribution < -0.4 is 10.2 Å². The van der Waals surface area contributed by atoms with Crippen LogP contribution in [0.25, 0.3) is 28.0 Å². The highest BCUT2D eigenvalue weighted by molar-refractivity contribution is 6.01. The van der Waals surface area contributed by atoms with Crippen LogP contribution in [0.1, 0.15) is 58.6 Å². The van der Waals surface area contributed by atoms with Gasteiger partial charge in [0.1, 0.15) is 33.7 Å². The van der Waals surface area contributed by atoms with E-state index in [2.05, 4.69) is 19.9 Å². The highest BCUT2D eigenvalue weighted by atomic mass is 16.5.